The second kappa shape index (κ2) is 6.69. The van der Waals surface area contributed by atoms with Gasteiger partial charge in [-0.3, -0.25) is 4.79 Å². The van der Waals surface area contributed by atoms with Crippen LogP contribution in [0.5, 0.6) is 0 Å². The number of hydrogen-bond acceptors (Lipinski definition) is 4. The van der Waals surface area contributed by atoms with Gasteiger partial charge in [-0.1, -0.05) is 6.07 Å². The van der Waals surface area contributed by atoms with Crippen molar-refractivity contribution >= 4 is 22.9 Å². The number of halogens is 1. The van der Waals surface area contributed by atoms with Crippen molar-refractivity contribution in [3.05, 3.63) is 52.0 Å². The molecule has 0 fully saturated rings. The molecule has 3 N–H and O–H groups in total. The molecule has 0 spiro atoms. The summed E-state index contributed by atoms with van der Waals surface area (Å²) >= 11 is 1.63. The van der Waals surface area contributed by atoms with Crippen molar-refractivity contribution in [2.24, 2.45) is 0 Å². The van der Waals surface area contributed by atoms with Gasteiger partial charge in [0.15, 0.2) is 0 Å². The summed E-state index contributed by atoms with van der Waals surface area (Å²) in [6, 6.07) is 7.86. The van der Waals surface area contributed by atoms with E-state index >= 15 is 0 Å². The van der Waals surface area contributed by atoms with Gasteiger partial charge in [-0.05, 0) is 43.7 Å². The molecule has 2 aromatic rings. The Hall–Kier alpha value is -1.92. The fourth-order valence-corrected chi connectivity index (χ4v) is 2.95. The highest BCUT2D eigenvalue weighted by molar-refractivity contribution is 7.10. The molecule has 1 amide bonds. The summed E-state index contributed by atoms with van der Waals surface area (Å²) in [7, 11) is 3.90. The minimum Gasteiger partial charge on any atom is -0.398 e. The number of anilines is 1. The Bertz CT molecular complexity index is 613. The molecule has 1 unspecified atom stereocenters. The van der Waals surface area contributed by atoms with Crippen molar-refractivity contribution in [1.29, 1.82) is 0 Å². The number of hydrogen-bond donors (Lipinski definition) is 2. The summed E-state index contributed by atoms with van der Waals surface area (Å²) < 4.78 is 13.2. The van der Waals surface area contributed by atoms with Crippen LogP contribution in [-0.2, 0) is 0 Å². The summed E-state index contributed by atoms with van der Waals surface area (Å²) in [4.78, 5) is 15.3. The van der Waals surface area contributed by atoms with E-state index in [1.165, 1.54) is 12.1 Å². The molecule has 1 aromatic heterocycles. The van der Waals surface area contributed by atoms with Crippen molar-refractivity contribution in [1.82, 2.24) is 10.2 Å². The van der Waals surface area contributed by atoms with Crippen LogP contribution < -0.4 is 11.1 Å². The van der Waals surface area contributed by atoms with Gasteiger partial charge in [-0.15, -0.1) is 11.3 Å². The predicted octanol–water partition coefficient (Wildman–Crippen LogP) is 2.50. The van der Waals surface area contributed by atoms with E-state index in [1.807, 2.05) is 36.5 Å². The Labute approximate surface area is 127 Å². The molecular weight excluding hydrogens is 289 g/mol. The highest BCUT2D eigenvalue weighted by atomic mass is 32.1. The van der Waals surface area contributed by atoms with Crippen LogP contribution in [0.25, 0.3) is 0 Å². The number of nitrogens with zero attached hydrogens (tertiary/aromatic N) is 1. The number of nitrogens with one attached hydrogen (secondary N) is 1. The van der Waals surface area contributed by atoms with Crippen LogP contribution in [0.1, 0.15) is 21.3 Å². The maximum absolute atomic E-state index is 13.2. The van der Waals surface area contributed by atoms with Crippen LogP contribution >= 0.6 is 11.3 Å². The minimum absolute atomic E-state index is 0.0729. The Morgan fingerprint density at radius 3 is 2.81 bits per heavy atom. The van der Waals surface area contributed by atoms with E-state index in [0.29, 0.717) is 6.54 Å². The molecule has 0 saturated carbocycles. The van der Waals surface area contributed by atoms with E-state index in [1.54, 1.807) is 11.3 Å². The van der Waals surface area contributed by atoms with Crippen LogP contribution in [0.3, 0.4) is 0 Å². The first-order valence-corrected chi connectivity index (χ1v) is 7.40. The number of carbonyl (C=O) groups excluding carboxylic acids is 1. The number of benzene rings is 1. The number of carbonyl (C=O) groups is 1. The topological polar surface area (TPSA) is 58.4 Å². The summed E-state index contributed by atoms with van der Waals surface area (Å²) in [5.41, 5.74) is 6.15. The van der Waals surface area contributed by atoms with E-state index in [-0.39, 0.29) is 23.2 Å². The van der Waals surface area contributed by atoms with E-state index in [0.717, 1.165) is 10.9 Å². The van der Waals surface area contributed by atoms with E-state index in [9.17, 15) is 9.18 Å². The Kier molecular flexibility index (Phi) is 4.93. The van der Waals surface area contributed by atoms with Crippen LogP contribution in [0.15, 0.2) is 35.7 Å². The lowest BCUT2D eigenvalue weighted by Crippen LogP contribution is -2.34. The van der Waals surface area contributed by atoms with Gasteiger partial charge in [0.05, 0.1) is 11.6 Å². The van der Waals surface area contributed by atoms with Crippen molar-refractivity contribution in [2.45, 2.75) is 6.04 Å². The zero-order chi connectivity index (χ0) is 15.4. The van der Waals surface area contributed by atoms with Crippen molar-refractivity contribution in [3.63, 3.8) is 0 Å². The monoisotopic (exact) mass is 307 g/mol. The normalized spacial score (nSPS) is 12.4. The smallest absolute Gasteiger partial charge is 0.253 e. The third-order valence-electron chi connectivity index (χ3n) is 3.21. The SMILES string of the molecule is CN(C)C(CNC(=O)c1cc(F)ccc1N)c1cccs1. The maximum atomic E-state index is 13.2. The number of amides is 1. The number of likely N-dealkylation sites (N-methyl/N-ethyl adjacent to an activating group) is 1. The van der Waals surface area contributed by atoms with Gasteiger partial charge in [0, 0.05) is 17.1 Å². The van der Waals surface area contributed by atoms with Gasteiger partial charge in [0.25, 0.3) is 5.91 Å². The molecule has 21 heavy (non-hydrogen) atoms. The Morgan fingerprint density at radius 2 is 2.19 bits per heavy atom. The lowest BCUT2D eigenvalue weighted by atomic mass is 10.1. The maximum Gasteiger partial charge on any atom is 0.253 e. The molecule has 0 aliphatic heterocycles. The van der Waals surface area contributed by atoms with Gasteiger partial charge in [0.1, 0.15) is 5.82 Å². The highest BCUT2D eigenvalue weighted by Crippen LogP contribution is 2.22. The number of rotatable bonds is 5. The lowest BCUT2D eigenvalue weighted by molar-refractivity contribution is 0.0942. The zero-order valence-corrected chi connectivity index (χ0v) is 12.8. The van der Waals surface area contributed by atoms with E-state index < -0.39 is 5.82 Å². The van der Waals surface area contributed by atoms with Crippen molar-refractivity contribution < 1.29 is 9.18 Å². The average molecular weight is 307 g/mol. The molecule has 1 aromatic carbocycles. The fraction of sp³-hybridized carbons (Fsp3) is 0.267. The van der Waals surface area contributed by atoms with Gasteiger partial charge in [-0.2, -0.15) is 0 Å². The standard InChI is InChI=1S/C15H18FN3OS/c1-19(2)13(14-4-3-7-21-14)9-18-15(20)11-8-10(16)5-6-12(11)17/h3-8,13H,9,17H2,1-2H3,(H,18,20). The zero-order valence-electron chi connectivity index (χ0n) is 12.0. The quantitative estimate of drug-likeness (QED) is 0.835. The van der Waals surface area contributed by atoms with Gasteiger partial charge < -0.3 is 16.0 Å². The summed E-state index contributed by atoms with van der Waals surface area (Å²) in [5.74, 6) is -0.841. The minimum atomic E-state index is -0.475. The lowest BCUT2D eigenvalue weighted by Gasteiger charge is -2.23. The summed E-state index contributed by atoms with van der Waals surface area (Å²) in [6.07, 6.45) is 0. The van der Waals surface area contributed by atoms with E-state index in [2.05, 4.69) is 5.32 Å². The molecular formula is C15H18FN3OS. The summed E-state index contributed by atoms with van der Waals surface area (Å²) in [5, 5.41) is 4.81. The first kappa shape index (κ1) is 15.5. The van der Waals surface area contributed by atoms with Gasteiger partial charge >= 0.3 is 0 Å². The second-order valence-corrected chi connectivity index (χ2v) is 5.92. The molecule has 2 rings (SSSR count). The van der Waals surface area contributed by atoms with Crippen molar-refractivity contribution in [3.8, 4) is 0 Å². The molecule has 0 saturated heterocycles. The van der Waals surface area contributed by atoms with Crippen LogP contribution in [0.2, 0.25) is 0 Å². The van der Waals surface area contributed by atoms with Gasteiger partial charge in [0.2, 0.25) is 0 Å². The molecule has 0 bridgehead atoms. The van der Waals surface area contributed by atoms with Crippen molar-refractivity contribution in [2.75, 3.05) is 26.4 Å². The molecule has 0 radical (unpaired) electrons. The first-order valence-electron chi connectivity index (χ1n) is 6.52. The number of nitrogens with two attached hydrogens (primary N) is 1. The molecule has 1 atom stereocenters. The summed E-state index contributed by atoms with van der Waals surface area (Å²) in [6.45, 7) is 0.433. The molecule has 6 heteroatoms. The second-order valence-electron chi connectivity index (χ2n) is 4.94. The average Bonchev–Trinajstić information content (AvgIpc) is 2.95. The molecule has 1 heterocycles. The molecule has 0 aliphatic rings. The van der Waals surface area contributed by atoms with Crippen LogP contribution in [0.4, 0.5) is 10.1 Å². The fourth-order valence-electron chi connectivity index (χ4n) is 2.03. The number of thiophene rings is 1. The third-order valence-corrected chi connectivity index (χ3v) is 4.18. The van der Waals surface area contributed by atoms with E-state index in [4.69, 9.17) is 5.73 Å². The van der Waals surface area contributed by atoms with Gasteiger partial charge in [-0.25, -0.2) is 4.39 Å². The number of nitrogen functional groups attached to an aromatic ring is 1. The van der Waals surface area contributed by atoms with Crippen LogP contribution in [0, 0.1) is 5.82 Å². The predicted molar refractivity (Wildman–Crippen MR) is 83.9 cm³/mol. The first-order chi connectivity index (χ1) is 9.99. The highest BCUT2D eigenvalue weighted by Gasteiger charge is 2.17. The molecule has 0 aliphatic carbocycles. The Morgan fingerprint density at radius 1 is 1.43 bits per heavy atom. The Balaban J connectivity index is 2.07. The molecule has 4 nitrogen and oxygen atoms in total. The molecule has 112 valence electrons. The third kappa shape index (κ3) is 3.80. The largest absolute Gasteiger partial charge is 0.398 e. The van der Waals surface area contributed by atoms with Crippen LogP contribution in [-0.4, -0.2) is 31.4 Å².